The van der Waals surface area contributed by atoms with Gasteiger partial charge in [0.25, 0.3) is 15.9 Å². The van der Waals surface area contributed by atoms with Crippen LogP contribution in [0.15, 0.2) is 83.8 Å². The zero-order valence-corrected chi connectivity index (χ0v) is 22.8. The maximum Gasteiger partial charge on any atom is 0.264 e. The summed E-state index contributed by atoms with van der Waals surface area (Å²) in [5, 5.41) is 0. The third-order valence-electron chi connectivity index (χ3n) is 6.04. The average Bonchev–Trinajstić information content (AvgIpc) is 2.90. The highest BCUT2D eigenvalue weighted by Gasteiger charge is 2.23. The molecule has 0 aliphatic rings. The molecule has 0 aliphatic heterocycles. The second kappa shape index (κ2) is 12.7. The minimum atomic E-state index is -3.73. The lowest BCUT2D eigenvalue weighted by Crippen LogP contribution is -2.39. The van der Waals surface area contributed by atoms with Crippen molar-refractivity contribution in [1.82, 2.24) is 9.80 Å². The van der Waals surface area contributed by atoms with Gasteiger partial charge < -0.3 is 19.3 Å². The number of hydrogen-bond acceptors (Lipinski definition) is 6. The van der Waals surface area contributed by atoms with Gasteiger partial charge in [-0.25, -0.2) is 8.42 Å². The highest BCUT2D eigenvalue weighted by Crippen LogP contribution is 2.25. The summed E-state index contributed by atoms with van der Waals surface area (Å²) in [6.07, 6.45) is 0. The van der Waals surface area contributed by atoms with E-state index in [4.69, 9.17) is 9.47 Å². The Balaban J connectivity index is 1.64. The van der Waals surface area contributed by atoms with E-state index in [2.05, 4.69) is 0 Å². The molecule has 3 rings (SSSR count). The van der Waals surface area contributed by atoms with E-state index in [1.807, 2.05) is 49.3 Å². The molecule has 0 bridgehead atoms. The fraction of sp³-hybridized carbons (Fsp3) is 0.321. The Morgan fingerprint density at radius 1 is 0.865 bits per heavy atom. The van der Waals surface area contributed by atoms with Crippen LogP contribution in [-0.2, 0) is 26.2 Å². The molecule has 3 aromatic carbocycles. The van der Waals surface area contributed by atoms with Crippen molar-refractivity contribution in [3.05, 3.63) is 90.0 Å². The quantitative estimate of drug-likeness (QED) is 0.358. The van der Waals surface area contributed by atoms with Crippen LogP contribution in [0.1, 0.15) is 17.2 Å². The molecule has 0 heterocycles. The molecule has 0 aliphatic carbocycles. The van der Waals surface area contributed by atoms with E-state index in [-0.39, 0.29) is 23.5 Å². The van der Waals surface area contributed by atoms with Crippen molar-refractivity contribution in [3.8, 4) is 5.75 Å². The molecule has 198 valence electrons. The predicted octanol–water partition coefficient (Wildman–Crippen LogP) is 3.80. The smallest absolute Gasteiger partial charge is 0.264 e. The van der Waals surface area contributed by atoms with Crippen LogP contribution in [0.4, 0.5) is 5.69 Å². The third kappa shape index (κ3) is 7.31. The maximum absolute atomic E-state index is 13.0. The summed E-state index contributed by atoms with van der Waals surface area (Å²) < 4.78 is 38.1. The third-order valence-corrected chi connectivity index (χ3v) is 7.84. The van der Waals surface area contributed by atoms with Crippen LogP contribution >= 0.6 is 0 Å². The van der Waals surface area contributed by atoms with Crippen LogP contribution in [0.25, 0.3) is 0 Å². The number of carbonyl (C=O) groups is 1. The van der Waals surface area contributed by atoms with Crippen molar-refractivity contribution >= 4 is 21.6 Å². The summed E-state index contributed by atoms with van der Waals surface area (Å²) in [7, 11) is 5.08. The second-order valence-corrected chi connectivity index (χ2v) is 11.0. The topological polar surface area (TPSA) is 79.4 Å². The number of ether oxygens (including phenoxy) is 2. The van der Waals surface area contributed by atoms with Gasteiger partial charge in [0.05, 0.1) is 23.2 Å². The number of carbonyl (C=O) groups excluding carboxylic acids is 1. The Kier molecular flexibility index (Phi) is 9.68. The van der Waals surface area contributed by atoms with Crippen molar-refractivity contribution in [2.45, 2.75) is 17.5 Å². The van der Waals surface area contributed by atoms with Crippen molar-refractivity contribution in [2.75, 3.05) is 52.8 Å². The number of sulfonamides is 1. The van der Waals surface area contributed by atoms with Crippen LogP contribution in [0.5, 0.6) is 5.75 Å². The molecule has 1 unspecified atom stereocenters. The number of rotatable bonds is 12. The van der Waals surface area contributed by atoms with E-state index in [0.29, 0.717) is 24.6 Å². The molecule has 0 radical (unpaired) electrons. The number of likely N-dealkylation sites (N-methyl/N-ethyl adjacent to an activating group) is 2. The van der Waals surface area contributed by atoms with Crippen LogP contribution in [-0.4, -0.2) is 72.6 Å². The normalized spacial score (nSPS) is 12.3. The fourth-order valence-electron chi connectivity index (χ4n) is 3.87. The lowest BCUT2D eigenvalue weighted by atomic mass is 10.1. The van der Waals surface area contributed by atoms with Crippen molar-refractivity contribution in [1.29, 1.82) is 0 Å². The van der Waals surface area contributed by atoms with Crippen LogP contribution in [0.3, 0.4) is 0 Å². The van der Waals surface area contributed by atoms with Gasteiger partial charge in [-0.3, -0.25) is 9.10 Å². The first-order chi connectivity index (χ1) is 17.6. The molecule has 0 aromatic heterocycles. The molecule has 1 atom stereocenters. The monoisotopic (exact) mass is 525 g/mol. The summed E-state index contributed by atoms with van der Waals surface area (Å²) in [4.78, 5) is 16.9. The minimum absolute atomic E-state index is 0.114. The van der Waals surface area contributed by atoms with Crippen molar-refractivity contribution in [2.24, 2.45) is 0 Å². The van der Waals surface area contributed by atoms with Gasteiger partial charge in [-0.05, 0) is 61.6 Å². The van der Waals surface area contributed by atoms with Crippen molar-refractivity contribution < 1.29 is 22.7 Å². The first-order valence-corrected chi connectivity index (χ1v) is 13.3. The number of benzene rings is 3. The molecule has 0 spiro atoms. The lowest BCUT2D eigenvalue weighted by Gasteiger charge is -2.31. The zero-order valence-electron chi connectivity index (χ0n) is 22.0. The average molecular weight is 526 g/mol. The van der Waals surface area contributed by atoms with E-state index in [1.165, 1.54) is 11.4 Å². The van der Waals surface area contributed by atoms with Gasteiger partial charge in [-0.15, -0.1) is 0 Å². The molecule has 0 N–H and O–H groups in total. The molecule has 8 nitrogen and oxygen atoms in total. The molecule has 37 heavy (non-hydrogen) atoms. The number of nitrogens with zero attached hydrogens (tertiary/aromatic N) is 3. The number of amides is 1. The van der Waals surface area contributed by atoms with E-state index < -0.39 is 10.0 Å². The molecule has 3 aromatic rings. The molecule has 0 fully saturated rings. The van der Waals surface area contributed by atoms with Gasteiger partial charge >= 0.3 is 0 Å². The molecule has 9 heteroatoms. The van der Waals surface area contributed by atoms with Gasteiger partial charge in [0.1, 0.15) is 5.75 Å². The molecule has 1 amide bonds. The Morgan fingerprint density at radius 2 is 1.49 bits per heavy atom. The minimum Gasteiger partial charge on any atom is -0.484 e. The predicted molar refractivity (Wildman–Crippen MR) is 145 cm³/mol. The summed E-state index contributed by atoms with van der Waals surface area (Å²) >= 11 is 0. The van der Waals surface area contributed by atoms with Crippen LogP contribution in [0.2, 0.25) is 0 Å². The first-order valence-electron chi connectivity index (χ1n) is 11.9. The van der Waals surface area contributed by atoms with Crippen LogP contribution < -0.4 is 9.04 Å². The lowest BCUT2D eigenvalue weighted by molar-refractivity contribution is -0.134. The first kappa shape index (κ1) is 28.2. The van der Waals surface area contributed by atoms with Gasteiger partial charge in [0.2, 0.25) is 0 Å². The summed E-state index contributed by atoms with van der Waals surface area (Å²) in [6, 6.07) is 23.0. The summed E-state index contributed by atoms with van der Waals surface area (Å²) in [5.74, 6) is 0.320. The van der Waals surface area contributed by atoms with Gasteiger partial charge in [0.15, 0.2) is 6.61 Å². The highest BCUT2D eigenvalue weighted by atomic mass is 32.2. The number of hydrogen-bond donors (Lipinski definition) is 0. The Hall–Kier alpha value is -3.40. The second-order valence-electron chi connectivity index (χ2n) is 9.03. The Labute approximate surface area is 220 Å². The standard InChI is InChI=1S/C28H35N3O5S/c1-29(2)19-27(23-9-7-6-8-10-23)30(3)28(32)21-36-25-15-13-24(14-16-25)31(4)37(33,34)26-17-11-22(12-18-26)20-35-5/h6-18,27H,19-21H2,1-5H3. The molecule has 0 saturated carbocycles. The maximum atomic E-state index is 13.0. The van der Waals surface area contributed by atoms with E-state index in [0.717, 1.165) is 11.1 Å². The van der Waals surface area contributed by atoms with E-state index in [1.54, 1.807) is 67.6 Å². The Bertz CT molecular complexity index is 1250. The van der Waals surface area contributed by atoms with E-state index in [9.17, 15) is 13.2 Å². The van der Waals surface area contributed by atoms with Crippen LogP contribution in [0, 0.1) is 0 Å². The number of methoxy groups -OCH3 is 1. The Morgan fingerprint density at radius 3 is 2.05 bits per heavy atom. The van der Waals surface area contributed by atoms with Gasteiger partial charge in [-0.1, -0.05) is 42.5 Å². The van der Waals surface area contributed by atoms with Crippen molar-refractivity contribution in [3.63, 3.8) is 0 Å². The van der Waals surface area contributed by atoms with E-state index >= 15 is 0 Å². The zero-order chi connectivity index (χ0) is 27.0. The van der Waals surface area contributed by atoms with Gasteiger partial charge in [0, 0.05) is 27.7 Å². The molecular weight excluding hydrogens is 490 g/mol. The summed E-state index contributed by atoms with van der Waals surface area (Å²) in [5.41, 5.74) is 2.42. The number of anilines is 1. The van der Waals surface area contributed by atoms with Gasteiger partial charge in [-0.2, -0.15) is 0 Å². The summed E-state index contributed by atoms with van der Waals surface area (Å²) in [6.45, 7) is 0.962. The largest absolute Gasteiger partial charge is 0.484 e. The highest BCUT2D eigenvalue weighted by molar-refractivity contribution is 7.92. The molecular formula is C28H35N3O5S. The molecule has 0 saturated heterocycles. The SMILES string of the molecule is COCc1ccc(S(=O)(=O)N(C)c2ccc(OCC(=O)N(C)C(CN(C)C)c3ccccc3)cc2)cc1. The fourth-order valence-corrected chi connectivity index (χ4v) is 5.06.